The topological polar surface area (TPSA) is 49.3 Å². The highest BCUT2D eigenvalue weighted by molar-refractivity contribution is 7.99. The number of aliphatic carboxylic acids is 1. The van der Waals surface area contributed by atoms with Gasteiger partial charge in [-0.05, 0) is 12.0 Å². The molecule has 0 aliphatic carbocycles. The quantitative estimate of drug-likeness (QED) is 0.837. The van der Waals surface area contributed by atoms with E-state index in [2.05, 4.69) is 17.4 Å². The zero-order valence-electron chi connectivity index (χ0n) is 8.93. The van der Waals surface area contributed by atoms with Crippen molar-refractivity contribution in [3.8, 4) is 0 Å². The second kappa shape index (κ2) is 5.37. The van der Waals surface area contributed by atoms with Gasteiger partial charge in [0.25, 0.3) is 0 Å². The van der Waals surface area contributed by atoms with Crippen molar-refractivity contribution in [3.05, 3.63) is 35.9 Å². The predicted molar refractivity (Wildman–Crippen MR) is 65.6 cm³/mol. The molecule has 3 nitrogen and oxygen atoms in total. The van der Waals surface area contributed by atoms with Crippen LogP contribution in [0.4, 0.5) is 0 Å². The number of carboxylic acid groups (broad SMARTS) is 1. The fraction of sp³-hybridized carbons (Fsp3) is 0.417. The Balaban J connectivity index is 1.78. The molecule has 1 heterocycles. The lowest BCUT2D eigenvalue weighted by Gasteiger charge is -2.07. The highest BCUT2D eigenvalue weighted by Gasteiger charge is 2.29. The van der Waals surface area contributed by atoms with Crippen LogP contribution < -0.4 is 5.32 Å². The van der Waals surface area contributed by atoms with E-state index in [0.717, 1.165) is 18.7 Å². The molecule has 2 rings (SSSR count). The Morgan fingerprint density at radius 1 is 1.44 bits per heavy atom. The van der Waals surface area contributed by atoms with Crippen molar-refractivity contribution in [1.29, 1.82) is 0 Å². The summed E-state index contributed by atoms with van der Waals surface area (Å²) in [5.74, 6) is 0.224. The first-order valence-electron chi connectivity index (χ1n) is 5.37. The molecule has 0 aromatic heterocycles. The molecule has 1 saturated heterocycles. The molecule has 0 amide bonds. The van der Waals surface area contributed by atoms with E-state index in [4.69, 9.17) is 5.11 Å². The number of hydrogen-bond acceptors (Lipinski definition) is 3. The monoisotopic (exact) mass is 237 g/mol. The molecule has 4 heteroatoms. The minimum Gasteiger partial charge on any atom is -0.480 e. The molecule has 2 unspecified atom stereocenters. The highest BCUT2D eigenvalue weighted by Crippen LogP contribution is 2.24. The third-order valence-electron chi connectivity index (χ3n) is 2.72. The van der Waals surface area contributed by atoms with Gasteiger partial charge in [0.1, 0.15) is 6.04 Å². The zero-order chi connectivity index (χ0) is 11.4. The van der Waals surface area contributed by atoms with Crippen LogP contribution in [0.5, 0.6) is 0 Å². The summed E-state index contributed by atoms with van der Waals surface area (Å²) in [5, 5.41) is 12.3. The van der Waals surface area contributed by atoms with Crippen LogP contribution in [0.2, 0.25) is 0 Å². The molecule has 1 fully saturated rings. The van der Waals surface area contributed by atoms with Gasteiger partial charge in [0.05, 0.1) is 0 Å². The van der Waals surface area contributed by atoms with Crippen LogP contribution in [-0.2, 0) is 10.5 Å². The Labute approximate surface area is 99.2 Å². The van der Waals surface area contributed by atoms with Crippen molar-refractivity contribution in [2.45, 2.75) is 23.5 Å². The van der Waals surface area contributed by atoms with Crippen LogP contribution in [0.25, 0.3) is 0 Å². The smallest absolute Gasteiger partial charge is 0.320 e. The molecule has 0 bridgehead atoms. The molecule has 1 aromatic carbocycles. The van der Waals surface area contributed by atoms with Crippen molar-refractivity contribution in [2.24, 2.45) is 0 Å². The molecule has 0 saturated carbocycles. The summed E-state index contributed by atoms with van der Waals surface area (Å²) in [7, 11) is 0. The SMILES string of the molecule is O=C(O)C1CC(SCc2ccccc2)CN1. The minimum atomic E-state index is -0.734. The van der Waals surface area contributed by atoms with E-state index in [0.29, 0.717) is 5.25 Å². The number of nitrogens with one attached hydrogen (secondary N) is 1. The fourth-order valence-corrected chi connectivity index (χ4v) is 2.97. The number of carbonyl (C=O) groups is 1. The summed E-state index contributed by atoms with van der Waals surface area (Å²) >= 11 is 1.83. The van der Waals surface area contributed by atoms with Gasteiger partial charge < -0.3 is 10.4 Å². The average molecular weight is 237 g/mol. The van der Waals surface area contributed by atoms with Crippen LogP contribution in [-0.4, -0.2) is 28.9 Å². The third kappa shape index (κ3) is 3.00. The summed E-state index contributed by atoms with van der Waals surface area (Å²) in [6.45, 7) is 0.800. The van der Waals surface area contributed by atoms with Crippen LogP contribution in [0.15, 0.2) is 30.3 Å². The second-order valence-electron chi connectivity index (χ2n) is 3.95. The largest absolute Gasteiger partial charge is 0.480 e. The maximum absolute atomic E-state index is 10.7. The Bertz CT molecular complexity index is 355. The molecule has 16 heavy (non-hydrogen) atoms. The fourth-order valence-electron chi connectivity index (χ4n) is 1.81. The van der Waals surface area contributed by atoms with Gasteiger partial charge in [0, 0.05) is 17.5 Å². The molecule has 86 valence electrons. The first-order valence-corrected chi connectivity index (χ1v) is 6.42. The second-order valence-corrected chi connectivity index (χ2v) is 5.24. The van der Waals surface area contributed by atoms with Crippen molar-refractivity contribution in [3.63, 3.8) is 0 Å². The van der Waals surface area contributed by atoms with E-state index in [9.17, 15) is 4.79 Å². The zero-order valence-corrected chi connectivity index (χ0v) is 9.74. The van der Waals surface area contributed by atoms with Crippen LogP contribution in [0, 0.1) is 0 Å². The third-order valence-corrected chi connectivity index (χ3v) is 4.05. The number of benzene rings is 1. The number of rotatable bonds is 4. The molecule has 1 aliphatic rings. The number of carboxylic acids is 1. The highest BCUT2D eigenvalue weighted by atomic mass is 32.2. The standard InChI is InChI=1S/C12H15NO2S/c14-12(15)11-6-10(7-13-11)16-8-9-4-2-1-3-5-9/h1-5,10-11,13H,6-8H2,(H,14,15). The van der Waals surface area contributed by atoms with E-state index in [-0.39, 0.29) is 6.04 Å². The van der Waals surface area contributed by atoms with Crippen LogP contribution in [0.1, 0.15) is 12.0 Å². The van der Waals surface area contributed by atoms with Gasteiger partial charge in [0.2, 0.25) is 0 Å². The Hall–Kier alpha value is -1.00. The van der Waals surface area contributed by atoms with Gasteiger partial charge >= 0.3 is 5.97 Å². The molecule has 0 spiro atoms. The lowest BCUT2D eigenvalue weighted by Crippen LogP contribution is -2.29. The first kappa shape index (κ1) is 11.5. The molecular formula is C12H15NO2S. The van der Waals surface area contributed by atoms with E-state index in [1.165, 1.54) is 5.56 Å². The Morgan fingerprint density at radius 3 is 2.81 bits per heavy atom. The number of hydrogen-bond donors (Lipinski definition) is 2. The lowest BCUT2D eigenvalue weighted by atomic mass is 10.2. The first-order chi connectivity index (χ1) is 7.75. The van der Waals surface area contributed by atoms with E-state index in [1.807, 2.05) is 30.0 Å². The van der Waals surface area contributed by atoms with E-state index >= 15 is 0 Å². The summed E-state index contributed by atoms with van der Waals surface area (Å²) in [6, 6.07) is 9.92. The van der Waals surface area contributed by atoms with Crippen LogP contribution in [0.3, 0.4) is 0 Å². The van der Waals surface area contributed by atoms with E-state index < -0.39 is 5.97 Å². The van der Waals surface area contributed by atoms with Gasteiger partial charge in [-0.3, -0.25) is 4.79 Å². The van der Waals surface area contributed by atoms with Crippen molar-refractivity contribution in [2.75, 3.05) is 6.54 Å². The molecular weight excluding hydrogens is 222 g/mol. The summed E-state index contributed by atoms with van der Waals surface area (Å²) in [5.41, 5.74) is 1.30. The molecule has 2 N–H and O–H groups in total. The molecule has 1 aromatic rings. The maximum Gasteiger partial charge on any atom is 0.320 e. The van der Waals surface area contributed by atoms with Crippen molar-refractivity contribution < 1.29 is 9.90 Å². The molecule has 2 atom stereocenters. The normalized spacial score (nSPS) is 24.5. The molecule has 1 aliphatic heterocycles. The van der Waals surface area contributed by atoms with Crippen molar-refractivity contribution >= 4 is 17.7 Å². The lowest BCUT2D eigenvalue weighted by molar-refractivity contribution is -0.139. The number of thioether (sulfide) groups is 1. The summed E-state index contributed by atoms with van der Waals surface area (Å²) < 4.78 is 0. The van der Waals surface area contributed by atoms with Crippen LogP contribution >= 0.6 is 11.8 Å². The molecule has 0 radical (unpaired) electrons. The predicted octanol–water partition coefficient (Wildman–Crippen LogP) is 1.73. The van der Waals surface area contributed by atoms with Gasteiger partial charge in [-0.1, -0.05) is 30.3 Å². The summed E-state index contributed by atoms with van der Waals surface area (Å²) in [4.78, 5) is 10.7. The van der Waals surface area contributed by atoms with Gasteiger partial charge in [-0.15, -0.1) is 0 Å². The van der Waals surface area contributed by atoms with Crippen molar-refractivity contribution in [1.82, 2.24) is 5.32 Å². The summed E-state index contributed by atoms with van der Waals surface area (Å²) in [6.07, 6.45) is 0.729. The van der Waals surface area contributed by atoms with Gasteiger partial charge in [0.15, 0.2) is 0 Å². The Kier molecular flexibility index (Phi) is 3.85. The maximum atomic E-state index is 10.7. The van der Waals surface area contributed by atoms with Gasteiger partial charge in [-0.25, -0.2) is 0 Å². The van der Waals surface area contributed by atoms with E-state index in [1.54, 1.807) is 0 Å². The minimum absolute atomic E-state index is 0.353. The van der Waals surface area contributed by atoms with Gasteiger partial charge in [-0.2, -0.15) is 11.8 Å². The Morgan fingerprint density at radius 2 is 2.19 bits per heavy atom. The average Bonchev–Trinajstić information content (AvgIpc) is 2.76.